The molecule has 106 valence electrons. The van der Waals surface area contributed by atoms with Gasteiger partial charge >= 0.3 is 0 Å². The van der Waals surface area contributed by atoms with Crippen molar-refractivity contribution < 1.29 is 4.79 Å². The number of hydrogen-bond acceptors (Lipinski definition) is 2. The van der Waals surface area contributed by atoms with E-state index in [1.807, 2.05) is 24.3 Å². The molecule has 0 bridgehead atoms. The van der Waals surface area contributed by atoms with Crippen LogP contribution in [-0.4, -0.2) is 24.3 Å². The molecule has 21 heavy (non-hydrogen) atoms. The maximum Gasteiger partial charge on any atom is 0.147 e. The van der Waals surface area contributed by atoms with Crippen LogP contribution < -0.4 is 0 Å². The summed E-state index contributed by atoms with van der Waals surface area (Å²) in [7, 11) is 0. The van der Waals surface area contributed by atoms with Gasteiger partial charge < -0.3 is 0 Å². The topological polar surface area (TPSA) is 20.3 Å². The van der Waals surface area contributed by atoms with Crippen LogP contribution in [0.3, 0.4) is 0 Å². The van der Waals surface area contributed by atoms with Crippen molar-refractivity contribution in [3.8, 4) is 0 Å². The van der Waals surface area contributed by atoms with Crippen LogP contribution in [0.25, 0.3) is 5.57 Å². The first-order chi connectivity index (χ1) is 10.4. The van der Waals surface area contributed by atoms with Crippen LogP contribution in [0.4, 0.5) is 0 Å². The highest BCUT2D eigenvalue weighted by molar-refractivity contribution is 5.89. The molecule has 2 nitrogen and oxygen atoms in total. The SMILES string of the molecule is O=CC1=C(c2ccccc2)CCN(Cc2ccccc2)C1. The van der Waals surface area contributed by atoms with Gasteiger partial charge in [-0.1, -0.05) is 60.7 Å². The molecule has 0 amide bonds. The van der Waals surface area contributed by atoms with Crippen LogP contribution in [0, 0.1) is 0 Å². The molecule has 2 aromatic carbocycles. The zero-order valence-corrected chi connectivity index (χ0v) is 12.0. The summed E-state index contributed by atoms with van der Waals surface area (Å²) in [5.41, 5.74) is 4.60. The third kappa shape index (κ3) is 3.29. The molecule has 0 N–H and O–H groups in total. The Kier molecular flexibility index (Phi) is 4.27. The van der Waals surface area contributed by atoms with Crippen molar-refractivity contribution in [2.75, 3.05) is 13.1 Å². The summed E-state index contributed by atoms with van der Waals surface area (Å²) >= 11 is 0. The maximum atomic E-state index is 11.5. The average molecular weight is 277 g/mol. The fraction of sp³-hybridized carbons (Fsp3) is 0.211. The Bertz CT molecular complexity index is 631. The molecule has 0 atom stereocenters. The Morgan fingerprint density at radius 2 is 1.62 bits per heavy atom. The number of hydrogen-bond donors (Lipinski definition) is 0. The van der Waals surface area contributed by atoms with E-state index in [1.54, 1.807) is 0 Å². The van der Waals surface area contributed by atoms with E-state index >= 15 is 0 Å². The molecule has 2 aromatic rings. The molecule has 0 aromatic heterocycles. The highest BCUT2D eigenvalue weighted by Gasteiger charge is 2.19. The predicted octanol–water partition coefficient (Wildman–Crippen LogP) is 3.55. The van der Waals surface area contributed by atoms with Gasteiger partial charge in [0.1, 0.15) is 6.29 Å². The van der Waals surface area contributed by atoms with E-state index in [1.165, 1.54) is 16.7 Å². The highest BCUT2D eigenvalue weighted by atomic mass is 16.1. The maximum absolute atomic E-state index is 11.5. The number of rotatable bonds is 4. The quantitative estimate of drug-likeness (QED) is 0.797. The van der Waals surface area contributed by atoms with E-state index in [0.717, 1.165) is 37.9 Å². The Morgan fingerprint density at radius 3 is 2.29 bits per heavy atom. The van der Waals surface area contributed by atoms with E-state index in [4.69, 9.17) is 0 Å². The van der Waals surface area contributed by atoms with Gasteiger partial charge in [0.2, 0.25) is 0 Å². The molecule has 0 unspecified atom stereocenters. The van der Waals surface area contributed by atoms with Gasteiger partial charge in [-0.2, -0.15) is 0 Å². The van der Waals surface area contributed by atoms with Crippen molar-refractivity contribution in [3.05, 3.63) is 77.4 Å². The molecule has 0 aliphatic carbocycles. The number of nitrogens with zero attached hydrogens (tertiary/aromatic N) is 1. The minimum absolute atomic E-state index is 0.739. The third-order valence-electron chi connectivity index (χ3n) is 3.97. The van der Waals surface area contributed by atoms with Crippen molar-refractivity contribution in [1.29, 1.82) is 0 Å². The molecule has 3 rings (SSSR count). The molecular formula is C19H19NO. The highest BCUT2D eigenvalue weighted by Crippen LogP contribution is 2.27. The average Bonchev–Trinajstić information content (AvgIpc) is 2.56. The standard InChI is InChI=1S/C19H19NO/c21-15-18-14-20(13-16-7-3-1-4-8-16)12-11-19(18)17-9-5-2-6-10-17/h1-10,15H,11-14H2. The normalized spacial score (nSPS) is 16.0. The lowest BCUT2D eigenvalue weighted by atomic mass is 9.94. The first kappa shape index (κ1) is 13.8. The van der Waals surface area contributed by atoms with Crippen molar-refractivity contribution in [2.45, 2.75) is 13.0 Å². The fourth-order valence-corrected chi connectivity index (χ4v) is 2.90. The summed E-state index contributed by atoms with van der Waals surface area (Å²) in [4.78, 5) is 13.8. The fourth-order valence-electron chi connectivity index (χ4n) is 2.90. The first-order valence-corrected chi connectivity index (χ1v) is 7.36. The Balaban J connectivity index is 1.78. The lowest BCUT2D eigenvalue weighted by molar-refractivity contribution is -0.105. The summed E-state index contributed by atoms with van der Waals surface area (Å²) in [6, 6.07) is 20.7. The summed E-state index contributed by atoms with van der Waals surface area (Å²) in [5, 5.41) is 0. The van der Waals surface area contributed by atoms with Crippen LogP contribution in [0.5, 0.6) is 0 Å². The van der Waals surface area contributed by atoms with Crippen molar-refractivity contribution >= 4 is 11.9 Å². The Hall–Kier alpha value is -2.19. The monoisotopic (exact) mass is 277 g/mol. The van der Waals surface area contributed by atoms with Gasteiger partial charge in [0.05, 0.1) is 0 Å². The second-order valence-electron chi connectivity index (χ2n) is 5.43. The summed E-state index contributed by atoms with van der Waals surface area (Å²) in [5.74, 6) is 0. The van der Waals surface area contributed by atoms with Crippen LogP contribution in [0.1, 0.15) is 17.5 Å². The van der Waals surface area contributed by atoms with E-state index in [9.17, 15) is 4.79 Å². The van der Waals surface area contributed by atoms with E-state index in [0.29, 0.717) is 0 Å². The minimum Gasteiger partial charge on any atom is -0.298 e. The molecule has 0 saturated carbocycles. The molecule has 1 aliphatic rings. The second-order valence-corrected chi connectivity index (χ2v) is 5.43. The lowest BCUT2D eigenvalue weighted by Crippen LogP contribution is -2.31. The van der Waals surface area contributed by atoms with Gasteiger partial charge in [0, 0.05) is 25.2 Å². The first-order valence-electron chi connectivity index (χ1n) is 7.36. The summed E-state index contributed by atoms with van der Waals surface area (Å²) in [6.07, 6.45) is 1.96. The molecule has 1 heterocycles. The number of carbonyl (C=O) groups is 1. The van der Waals surface area contributed by atoms with Gasteiger partial charge in [0.25, 0.3) is 0 Å². The summed E-state index contributed by atoms with van der Waals surface area (Å²) < 4.78 is 0. The van der Waals surface area contributed by atoms with E-state index < -0.39 is 0 Å². The van der Waals surface area contributed by atoms with E-state index in [2.05, 4.69) is 41.3 Å². The second kappa shape index (κ2) is 6.51. The third-order valence-corrected chi connectivity index (χ3v) is 3.97. The van der Waals surface area contributed by atoms with Crippen LogP contribution in [0.15, 0.2) is 66.2 Å². The van der Waals surface area contributed by atoms with Gasteiger partial charge in [0.15, 0.2) is 0 Å². The van der Waals surface area contributed by atoms with Crippen molar-refractivity contribution in [2.24, 2.45) is 0 Å². The number of carbonyl (C=O) groups excluding carboxylic acids is 1. The van der Waals surface area contributed by atoms with E-state index in [-0.39, 0.29) is 0 Å². The zero-order valence-electron chi connectivity index (χ0n) is 12.0. The van der Waals surface area contributed by atoms with Gasteiger partial charge in [-0.05, 0) is 23.1 Å². The van der Waals surface area contributed by atoms with Crippen molar-refractivity contribution in [3.63, 3.8) is 0 Å². The smallest absolute Gasteiger partial charge is 0.147 e. The predicted molar refractivity (Wildman–Crippen MR) is 85.8 cm³/mol. The number of benzene rings is 2. The van der Waals surface area contributed by atoms with Crippen LogP contribution in [0.2, 0.25) is 0 Å². The van der Waals surface area contributed by atoms with Gasteiger partial charge in [-0.15, -0.1) is 0 Å². The molecule has 2 heteroatoms. The zero-order chi connectivity index (χ0) is 14.5. The Morgan fingerprint density at radius 1 is 0.952 bits per heavy atom. The molecule has 0 saturated heterocycles. The van der Waals surface area contributed by atoms with Crippen molar-refractivity contribution in [1.82, 2.24) is 4.90 Å². The molecular weight excluding hydrogens is 258 g/mol. The summed E-state index contributed by atoms with van der Waals surface area (Å²) in [6.45, 7) is 2.64. The molecule has 1 aliphatic heterocycles. The van der Waals surface area contributed by atoms with Gasteiger partial charge in [-0.25, -0.2) is 0 Å². The number of aldehydes is 1. The Labute approximate surface area is 125 Å². The largest absolute Gasteiger partial charge is 0.298 e. The molecule has 0 spiro atoms. The van der Waals surface area contributed by atoms with Gasteiger partial charge in [-0.3, -0.25) is 9.69 Å². The minimum atomic E-state index is 0.739. The molecule has 0 radical (unpaired) electrons. The van der Waals surface area contributed by atoms with Crippen LogP contribution in [-0.2, 0) is 11.3 Å². The molecule has 0 fully saturated rings. The lowest BCUT2D eigenvalue weighted by Gasteiger charge is -2.29. The van der Waals surface area contributed by atoms with Crippen LogP contribution >= 0.6 is 0 Å².